The Balaban J connectivity index is 1.32. The van der Waals surface area contributed by atoms with Crippen LogP contribution in [0.15, 0.2) is 73.3 Å². The van der Waals surface area contributed by atoms with Crippen LogP contribution in [0.4, 0.5) is 5.69 Å². The number of hydrogen-bond donors (Lipinski definition) is 3. The van der Waals surface area contributed by atoms with Gasteiger partial charge in [0.2, 0.25) is 5.78 Å². The molecule has 8 heteroatoms. The Labute approximate surface area is 201 Å². The Hall–Kier alpha value is -4.43. The highest BCUT2D eigenvalue weighted by Crippen LogP contribution is 2.30. The number of rotatable bonds is 9. The molecular weight excluding hydrogens is 442 g/mol. The second-order valence-corrected chi connectivity index (χ2v) is 8.25. The van der Waals surface area contributed by atoms with Gasteiger partial charge < -0.3 is 19.7 Å². The summed E-state index contributed by atoms with van der Waals surface area (Å²) in [6.45, 7) is 7.22. The van der Waals surface area contributed by atoms with Gasteiger partial charge in [0.15, 0.2) is 0 Å². The molecular formula is C27H25N5O3. The van der Waals surface area contributed by atoms with Crippen LogP contribution in [-0.4, -0.2) is 44.2 Å². The predicted octanol–water partition coefficient (Wildman–Crippen LogP) is 4.91. The number of fused-ring (bicyclic) bond motifs is 2. The van der Waals surface area contributed by atoms with Gasteiger partial charge in [-0.05, 0) is 54.4 Å². The molecule has 35 heavy (non-hydrogen) atoms. The summed E-state index contributed by atoms with van der Waals surface area (Å²) in [5.74, 6) is -0.00516. The van der Waals surface area contributed by atoms with Crippen molar-refractivity contribution in [1.82, 2.24) is 20.0 Å². The largest absolute Gasteiger partial charge is 0.508 e. The van der Waals surface area contributed by atoms with Gasteiger partial charge in [-0.1, -0.05) is 36.9 Å². The van der Waals surface area contributed by atoms with Gasteiger partial charge in [0.05, 0.1) is 12.3 Å². The number of aromatic hydroxyl groups is 1. The molecule has 0 radical (unpaired) electrons. The van der Waals surface area contributed by atoms with Gasteiger partial charge in [0.25, 0.3) is 0 Å². The molecule has 0 aliphatic rings. The number of carbonyl (C=O) groups excluding carboxylic acids is 1. The number of ether oxygens (including phenoxy) is 1. The third-order valence-corrected chi connectivity index (χ3v) is 6.08. The van der Waals surface area contributed by atoms with E-state index < -0.39 is 0 Å². The standard InChI is InChI=1S/C27H25N5O3/c1-17(19-7-10-21(33)11-8-19)27(34)26-18(2)22-5-3-4-6-25(22)32(26)13-14-35-16-28-20-9-12-23-24(15-20)30-31-29-23/h3-12,15,28,33H,1,13-14,16H2,2H3,(H,29,30,31). The Morgan fingerprint density at radius 1 is 1.09 bits per heavy atom. The van der Waals surface area contributed by atoms with Crippen molar-refractivity contribution in [2.45, 2.75) is 13.5 Å². The fraction of sp³-hybridized carbons (Fsp3) is 0.148. The second kappa shape index (κ2) is 9.44. The Morgan fingerprint density at radius 2 is 1.86 bits per heavy atom. The summed E-state index contributed by atoms with van der Waals surface area (Å²) in [5.41, 5.74) is 5.99. The van der Waals surface area contributed by atoms with E-state index in [1.165, 1.54) is 0 Å². The lowest BCUT2D eigenvalue weighted by Crippen LogP contribution is -2.16. The molecule has 0 saturated carbocycles. The van der Waals surface area contributed by atoms with Crippen molar-refractivity contribution in [3.63, 3.8) is 0 Å². The van der Waals surface area contributed by atoms with Crippen molar-refractivity contribution in [3.05, 3.63) is 90.1 Å². The number of para-hydroxylation sites is 1. The summed E-state index contributed by atoms with van der Waals surface area (Å²) >= 11 is 0. The van der Waals surface area contributed by atoms with Crippen molar-refractivity contribution in [2.24, 2.45) is 0 Å². The molecule has 0 atom stereocenters. The maximum Gasteiger partial charge on any atom is 0.209 e. The summed E-state index contributed by atoms with van der Waals surface area (Å²) in [7, 11) is 0. The number of aryl methyl sites for hydroxylation is 1. The van der Waals surface area contributed by atoms with E-state index >= 15 is 0 Å². The average molecular weight is 468 g/mol. The number of anilines is 1. The normalized spacial score (nSPS) is 11.2. The number of hydrogen-bond acceptors (Lipinski definition) is 6. The lowest BCUT2D eigenvalue weighted by molar-refractivity contribution is 0.104. The van der Waals surface area contributed by atoms with Gasteiger partial charge >= 0.3 is 0 Å². The van der Waals surface area contributed by atoms with E-state index in [1.807, 2.05) is 54.0 Å². The smallest absolute Gasteiger partial charge is 0.209 e. The highest BCUT2D eigenvalue weighted by atomic mass is 16.5. The number of ketones is 1. The molecule has 5 aromatic rings. The minimum absolute atomic E-state index is 0.144. The number of nitrogens with zero attached hydrogens (tertiary/aromatic N) is 3. The molecule has 2 heterocycles. The Morgan fingerprint density at radius 3 is 2.69 bits per heavy atom. The number of nitrogens with one attached hydrogen (secondary N) is 2. The Kier molecular flexibility index (Phi) is 6.03. The molecule has 0 saturated heterocycles. The van der Waals surface area contributed by atoms with Crippen LogP contribution in [0.25, 0.3) is 27.5 Å². The van der Waals surface area contributed by atoms with Gasteiger partial charge in [0, 0.05) is 28.7 Å². The van der Waals surface area contributed by atoms with Gasteiger partial charge in [-0.25, -0.2) is 0 Å². The van der Waals surface area contributed by atoms with E-state index in [-0.39, 0.29) is 11.5 Å². The van der Waals surface area contributed by atoms with E-state index in [9.17, 15) is 9.90 Å². The molecule has 0 fully saturated rings. The second-order valence-electron chi connectivity index (χ2n) is 8.25. The summed E-state index contributed by atoms with van der Waals surface area (Å²) < 4.78 is 7.85. The predicted molar refractivity (Wildman–Crippen MR) is 136 cm³/mol. The first-order valence-corrected chi connectivity index (χ1v) is 11.3. The Bertz CT molecular complexity index is 1530. The highest BCUT2D eigenvalue weighted by Gasteiger charge is 2.22. The minimum Gasteiger partial charge on any atom is -0.508 e. The summed E-state index contributed by atoms with van der Waals surface area (Å²) in [5, 5.41) is 24.6. The van der Waals surface area contributed by atoms with Crippen LogP contribution in [0, 0.1) is 6.92 Å². The number of allylic oxidation sites excluding steroid dienone is 1. The topological polar surface area (TPSA) is 105 Å². The maximum atomic E-state index is 13.6. The summed E-state index contributed by atoms with van der Waals surface area (Å²) in [6, 6.07) is 20.2. The van der Waals surface area contributed by atoms with Crippen molar-refractivity contribution in [3.8, 4) is 5.75 Å². The third-order valence-electron chi connectivity index (χ3n) is 6.08. The van der Waals surface area contributed by atoms with Crippen LogP contribution in [0.5, 0.6) is 5.75 Å². The number of aromatic nitrogens is 4. The van der Waals surface area contributed by atoms with Crippen LogP contribution in [0.3, 0.4) is 0 Å². The number of H-pyrrole nitrogens is 1. The van der Waals surface area contributed by atoms with Crippen molar-refractivity contribution < 1.29 is 14.6 Å². The molecule has 0 unspecified atom stereocenters. The monoisotopic (exact) mass is 467 g/mol. The number of aromatic amines is 1. The fourth-order valence-corrected chi connectivity index (χ4v) is 4.25. The van der Waals surface area contributed by atoms with Crippen LogP contribution >= 0.6 is 0 Å². The van der Waals surface area contributed by atoms with E-state index in [0.717, 1.165) is 33.2 Å². The molecule has 0 bridgehead atoms. The number of phenols is 1. The van der Waals surface area contributed by atoms with Gasteiger partial charge in [-0.3, -0.25) is 4.79 Å². The molecule has 3 N–H and O–H groups in total. The zero-order chi connectivity index (χ0) is 24.4. The van der Waals surface area contributed by atoms with E-state index in [0.29, 0.717) is 36.7 Å². The first-order valence-electron chi connectivity index (χ1n) is 11.3. The van der Waals surface area contributed by atoms with E-state index in [4.69, 9.17) is 4.74 Å². The van der Waals surface area contributed by atoms with Gasteiger partial charge in [-0.2, -0.15) is 15.4 Å². The number of Topliss-reactive ketones (excluding diaryl/α,β-unsaturated/α-hetero) is 1. The SMILES string of the molecule is C=C(C(=O)c1c(C)c2ccccc2n1CCOCNc1ccc2n[nH]nc2c1)c1ccc(O)cc1. The quantitative estimate of drug-likeness (QED) is 0.123. The first kappa shape index (κ1) is 22.4. The zero-order valence-corrected chi connectivity index (χ0v) is 19.3. The summed E-state index contributed by atoms with van der Waals surface area (Å²) in [4.78, 5) is 13.6. The number of carbonyl (C=O) groups is 1. The third kappa shape index (κ3) is 4.39. The molecule has 176 valence electrons. The van der Waals surface area contributed by atoms with Crippen LogP contribution < -0.4 is 5.32 Å². The van der Waals surface area contributed by atoms with E-state index in [2.05, 4.69) is 27.3 Å². The van der Waals surface area contributed by atoms with Crippen molar-refractivity contribution in [2.75, 3.05) is 18.7 Å². The molecule has 2 aromatic heterocycles. The zero-order valence-electron chi connectivity index (χ0n) is 19.3. The molecule has 3 aromatic carbocycles. The average Bonchev–Trinajstić information content (AvgIpc) is 3.46. The molecule has 0 amide bonds. The van der Waals surface area contributed by atoms with E-state index in [1.54, 1.807) is 24.3 Å². The lowest BCUT2D eigenvalue weighted by atomic mass is 9.99. The lowest BCUT2D eigenvalue weighted by Gasteiger charge is -2.13. The maximum absolute atomic E-state index is 13.6. The van der Waals surface area contributed by atoms with Gasteiger partial charge in [0.1, 0.15) is 23.5 Å². The van der Waals surface area contributed by atoms with Crippen molar-refractivity contribution in [1.29, 1.82) is 0 Å². The molecule has 0 spiro atoms. The molecule has 0 aliphatic carbocycles. The van der Waals surface area contributed by atoms with Crippen LogP contribution in [-0.2, 0) is 11.3 Å². The van der Waals surface area contributed by atoms with Crippen LogP contribution in [0.2, 0.25) is 0 Å². The minimum atomic E-state index is -0.150. The number of benzene rings is 3. The molecule has 5 rings (SSSR count). The molecule has 0 aliphatic heterocycles. The molecule has 8 nitrogen and oxygen atoms in total. The summed E-state index contributed by atoms with van der Waals surface area (Å²) in [6.07, 6.45) is 0. The van der Waals surface area contributed by atoms with Crippen LogP contribution in [0.1, 0.15) is 21.6 Å². The van der Waals surface area contributed by atoms with Gasteiger partial charge in [-0.15, -0.1) is 0 Å². The fourth-order valence-electron chi connectivity index (χ4n) is 4.25. The van der Waals surface area contributed by atoms with Crippen molar-refractivity contribution >= 4 is 39.0 Å². The highest BCUT2D eigenvalue weighted by molar-refractivity contribution is 6.29. The first-order chi connectivity index (χ1) is 17.0. The number of phenolic OH excluding ortho intramolecular Hbond substituents is 1.